The Hall–Kier alpha value is -2.10. The third kappa shape index (κ3) is 3.22. The molecule has 0 aliphatic heterocycles. The van der Waals surface area contributed by atoms with Crippen molar-refractivity contribution in [3.8, 4) is 5.75 Å². The fourth-order valence-corrected chi connectivity index (χ4v) is 1.90. The number of nitrogens with zero attached hydrogens (tertiary/aromatic N) is 1. The molecule has 0 amide bonds. The van der Waals surface area contributed by atoms with Gasteiger partial charge in [0.1, 0.15) is 11.3 Å². The third-order valence-electron chi connectivity index (χ3n) is 2.74. The third-order valence-corrected chi connectivity index (χ3v) is 2.74. The van der Waals surface area contributed by atoms with Gasteiger partial charge in [-0.25, -0.2) is 0 Å². The molecule has 4 heteroatoms. The van der Waals surface area contributed by atoms with Crippen molar-refractivity contribution < 1.29 is 14.6 Å². The first-order chi connectivity index (χ1) is 9.08. The summed E-state index contributed by atoms with van der Waals surface area (Å²) in [4.78, 5) is 15.2. The lowest BCUT2D eigenvalue weighted by molar-refractivity contribution is -0.136. The Balaban J connectivity index is 2.42. The van der Waals surface area contributed by atoms with E-state index < -0.39 is 5.97 Å². The molecule has 0 radical (unpaired) electrons. The van der Waals surface area contributed by atoms with Gasteiger partial charge in [0.25, 0.3) is 0 Å². The van der Waals surface area contributed by atoms with E-state index in [2.05, 4.69) is 18.8 Å². The molecule has 2 rings (SSSR count). The molecule has 0 atom stereocenters. The summed E-state index contributed by atoms with van der Waals surface area (Å²) in [5.74, 6) is 0.289. The normalized spacial score (nSPS) is 10.9. The maximum atomic E-state index is 10.9. The highest BCUT2D eigenvalue weighted by Crippen LogP contribution is 2.27. The van der Waals surface area contributed by atoms with Crippen LogP contribution in [0.4, 0.5) is 0 Å². The number of aliphatic carboxylic acids is 1. The lowest BCUT2D eigenvalue weighted by Crippen LogP contribution is -2.06. The van der Waals surface area contributed by atoms with Gasteiger partial charge < -0.3 is 9.84 Å². The van der Waals surface area contributed by atoms with Crippen molar-refractivity contribution >= 4 is 16.9 Å². The van der Waals surface area contributed by atoms with Gasteiger partial charge in [-0.2, -0.15) is 0 Å². The van der Waals surface area contributed by atoms with E-state index in [4.69, 9.17) is 9.84 Å². The van der Waals surface area contributed by atoms with Crippen molar-refractivity contribution in [2.45, 2.75) is 20.3 Å². The smallest absolute Gasteiger partial charge is 0.307 e. The summed E-state index contributed by atoms with van der Waals surface area (Å²) in [6.07, 6.45) is 1.68. The fraction of sp³-hybridized carbons (Fsp3) is 0.333. The van der Waals surface area contributed by atoms with Gasteiger partial charge >= 0.3 is 5.97 Å². The molecular weight excluding hydrogens is 242 g/mol. The summed E-state index contributed by atoms with van der Waals surface area (Å²) in [7, 11) is 0. The Bertz CT molecular complexity index is 593. The van der Waals surface area contributed by atoms with E-state index in [0.717, 1.165) is 16.5 Å². The zero-order valence-electron chi connectivity index (χ0n) is 11.1. The predicted molar refractivity (Wildman–Crippen MR) is 73.4 cm³/mol. The molecule has 1 heterocycles. The Kier molecular flexibility index (Phi) is 4.00. The molecule has 0 aliphatic carbocycles. The van der Waals surface area contributed by atoms with Crippen LogP contribution in [0.5, 0.6) is 5.75 Å². The van der Waals surface area contributed by atoms with Crippen LogP contribution in [0.2, 0.25) is 0 Å². The molecule has 0 spiro atoms. The quantitative estimate of drug-likeness (QED) is 0.897. The van der Waals surface area contributed by atoms with Crippen LogP contribution in [0.15, 0.2) is 30.5 Å². The molecule has 19 heavy (non-hydrogen) atoms. The van der Waals surface area contributed by atoms with E-state index in [9.17, 15) is 4.79 Å². The molecular formula is C15H17NO3. The molecule has 4 nitrogen and oxygen atoms in total. The van der Waals surface area contributed by atoms with Gasteiger partial charge in [0.15, 0.2) is 0 Å². The van der Waals surface area contributed by atoms with Crippen molar-refractivity contribution in [3.63, 3.8) is 0 Å². The average Bonchev–Trinajstić information content (AvgIpc) is 2.37. The van der Waals surface area contributed by atoms with Crippen LogP contribution in [0, 0.1) is 5.92 Å². The van der Waals surface area contributed by atoms with E-state index in [-0.39, 0.29) is 6.42 Å². The maximum Gasteiger partial charge on any atom is 0.307 e. The summed E-state index contributed by atoms with van der Waals surface area (Å²) < 4.78 is 5.73. The first-order valence-electron chi connectivity index (χ1n) is 6.29. The summed E-state index contributed by atoms with van der Waals surface area (Å²) in [6, 6.07) is 7.28. The Labute approximate surface area is 112 Å². The number of carbonyl (C=O) groups is 1. The lowest BCUT2D eigenvalue weighted by atomic mass is 10.0. The number of hydrogen-bond donors (Lipinski definition) is 1. The van der Waals surface area contributed by atoms with Gasteiger partial charge in [-0.3, -0.25) is 9.78 Å². The second-order valence-electron chi connectivity index (χ2n) is 4.90. The number of ether oxygens (including phenoxy) is 1. The van der Waals surface area contributed by atoms with Crippen molar-refractivity contribution in [2.75, 3.05) is 6.61 Å². The first kappa shape index (κ1) is 13.3. The van der Waals surface area contributed by atoms with E-state index >= 15 is 0 Å². The number of rotatable bonds is 5. The summed E-state index contributed by atoms with van der Waals surface area (Å²) >= 11 is 0. The minimum atomic E-state index is -0.846. The summed E-state index contributed by atoms with van der Waals surface area (Å²) in [5.41, 5.74) is 1.48. The van der Waals surface area contributed by atoms with Crippen LogP contribution in [-0.2, 0) is 11.2 Å². The van der Waals surface area contributed by atoms with Gasteiger partial charge in [0, 0.05) is 11.6 Å². The molecule has 1 N–H and O–H groups in total. The largest absolute Gasteiger partial charge is 0.491 e. The van der Waals surface area contributed by atoms with Gasteiger partial charge in [-0.15, -0.1) is 0 Å². The predicted octanol–water partition coefficient (Wildman–Crippen LogP) is 2.90. The van der Waals surface area contributed by atoms with E-state index in [1.54, 1.807) is 24.4 Å². The zero-order chi connectivity index (χ0) is 13.8. The van der Waals surface area contributed by atoms with E-state index in [1.165, 1.54) is 0 Å². The Morgan fingerprint density at radius 2 is 2.16 bits per heavy atom. The van der Waals surface area contributed by atoms with Crippen LogP contribution in [0.3, 0.4) is 0 Å². The molecule has 0 saturated heterocycles. The van der Waals surface area contributed by atoms with Crippen molar-refractivity contribution in [1.82, 2.24) is 4.98 Å². The molecule has 100 valence electrons. The molecule has 2 aromatic rings. The highest BCUT2D eigenvalue weighted by atomic mass is 16.5. The Morgan fingerprint density at radius 1 is 1.37 bits per heavy atom. The van der Waals surface area contributed by atoms with Crippen molar-refractivity contribution in [2.24, 2.45) is 5.92 Å². The maximum absolute atomic E-state index is 10.9. The van der Waals surface area contributed by atoms with Gasteiger partial charge in [-0.05, 0) is 23.6 Å². The molecule has 0 aliphatic rings. The molecule has 1 aromatic carbocycles. The van der Waals surface area contributed by atoms with Gasteiger partial charge in [0.2, 0.25) is 0 Å². The number of fused-ring (bicyclic) bond motifs is 1. The minimum absolute atomic E-state index is 0.00729. The monoisotopic (exact) mass is 259 g/mol. The van der Waals surface area contributed by atoms with Crippen molar-refractivity contribution in [3.05, 3.63) is 36.0 Å². The first-order valence-corrected chi connectivity index (χ1v) is 6.29. The second-order valence-corrected chi connectivity index (χ2v) is 4.90. The number of benzene rings is 1. The van der Waals surface area contributed by atoms with E-state index in [0.29, 0.717) is 18.3 Å². The lowest BCUT2D eigenvalue weighted by Gasteiger charge is -2.12. The van der Waals surface area contributed by atoms with Gasteiger partial charge in [-0.1, -0.05) is 26.0 Å². The minimum Gasteiger partial charge on any atom is -0.491 e. The van der Waals surface area contributed by atoms with E-state index in [1.807, 2.05) is 6.07 Å². The zero-order valence-corrected chi connectivity index (χ0v) is 11.1. The number of carboxylic acids is 1. The van der Waals surface area contributed by atoms with Gasteiger partial charge in [0.05, 0.1) is 13.0 Å². The van der Waals surface area contributed by atoms with Crippen LogP contribution in [0.1, 0.15) is 19.4 Å². The van der Waals surface area contributed by atoms with Crippen LogP contribution in [-0.4, -0.2) is 22.7 Å². The Morgan fingerprint density at radius 3 is 2.84 bits per heavy atom. The molecule has 1 aromatic heterocycles. The summed E-state index contributed by atoms with van der Waals surface area (Å²) in [5, 5.41) is 9.76. The number of pyridine rings is 1. The SMILES string of the molecule is CC(C)COc1ccc(CC(=O)O)c2cccnc12. The van der Waals surface area contributed by atoms with Crippen LogP contribution in [0.25, 0.3) is 10.9 Å². The molecule has 0 saturated carbocycles. The second kappa shape index (κ2) is 5.69. The average molecular weight is 259 g/mol. The van der Waals surface area contributed by atoms with Crippen LogP contribution >= 0.6 is 0 Å². The number of aromatic nitrogens is 1. The molecule has 0 fully saturated rings. The highest BCUT2D eigenvalue weighted by molar-refractivity contribution is 5.90. The topological polar surface area (TPSA) is 59.4 Å². The number of hydrogen-bond acceptors (Lipinski definition) is 3. The van der Waals surface area contributed by atoms with Crippen molar-refractivity contribution in [1.29, 1.82) is 0 Å². The number of carboxylic acid groups (broad SMARTS) is 1. The highest BCUT2D eigenvalue weighted by Gasteiger charge is 2.10. The van der Waals surface area contributed by atoms with Crippen LogP contribution < -0.4 is 4.74 Å². The standard InChI is InChI=1S/C15H17NO3/c1-10(2)9-19-13-6-5-11(8-14(17)18)12-4-3-7-16-15(12)13/h3-7,10H,8-9H2,1-2H3,(H,17,18). The molecule has 0 unspecified atom stereocenters. The fourth-order valence-electron chi connectivity index (χ4n) is 1.90. The summed E-state index contributed by atoms with van der Waals surface area (Å²) in [6.45, 7) is 4.77. The molecule has 0 bridgehead atoms.